The fourth-order valence-corrected chi connectivity index (χ4v) is 6.78. The topological polar surface area (TPSA) is 47.9 Å². The Morgan fingerprint density at radius 2 is 1.72 bits per heavy atom. The largest absolute Gasteiger partial charge is 0.416 e. The SMILES string of the molecule is Cc1cccc(F)c1N1CCC(N2Cc3cn(C4CN(CC(C)C)C4)nc3N(Cc3ccccc3C(F)(F)F)C2=O)CC1. The molecule has 0 spiro atoms. The van der Waals surface area contributed by atoms with Gasteiger partial charge in [0.2, 0.25) is 0 Å². The predicted octanol–water partition coefficient (Wildman–Crippen LogP) is 6.47. The third-order valence-electron chi connectivity index (χ3n) is 8.86. The number of nitrogens with zero attached hydrogens (tertiary/aromatic N) is 6. The average molecular weight is 599 g/mol. The number of hydrogen-bond donors (Lipinski definition) is 0. The zero-order valence-corrected chi connectivity index (χ0v) is 24.8. The van der Waals surface area contributed by atoms with Gasteiger partial charge >= 0.3 is 12.2 Å². The van der Waals surface area contributed by atoms with Gasteiger partial charge in [0, 0.05) is 50.5 Å². The lowest BCUT2D eigenvalue weighted by Gasteiger charge is -2.43. The fraction of sp³-hybridized carbons (Fsp3) is 0.500. The van der Waals surface area contributed by atoms with Crippen LogP contribution in [0, 0.1) is 18.7 Å². The highest BCUT2D eigenvalue weighted by molar-refractivity contribution is 5.94. The number of aromatic nitrogens is 2. The van der Waals surface area contributed by atoms with Crippen LogP contribution in [0.2, 0.25) is 0 Å². The first-order valence-electron chi connectivity index (χ1n) is 15.0. The van der Waals surface area contributed by atoms with Crippen molar-refractivity contribution >= 4 is 17.5 Å². The molecule has 0 bridgehead atoms. The minimum atomic E-state index is -4.54. The lowest BCUT2D eigenvalue weighted by molar-refractivity contribution is -0.138. The first kappa shape index (κ1) is 29.5. The van der Waals surface area contributed by atoms with Crippen molar-refractivity contribution in [3.05, 3.63) is 76.7 Å². The van der Waals surface area contributed by atoms with Gasteiger partial charge in [-0.1, -0.05) is 44.2 Å². The van der Waals surface area contributed by atoms with Gasteiger partial charge in [-0.05, 0) is 48.9 Å². The van der Waals surface area contributed by atoms with Crippen LogP contribution >= 0.6 is 0 Å². The minimum absolute atomic E-state index is 0.0299. The van der Waals surface area contributed by atoms with E-state index in [0.29, 0.717) is 49.9 Å². The molecule has 0 saturated carbocycles. The molecular weight excluding hydrogens is 560 g/mol. The molecule has 43 heavy (non-hydrogen) atoms. The summed E-state index contributed by atoms with van der Waals surface area (Å²) in [6, 6.07) is 10.1. The molecule has 2 aromatic carbocycles. The van der Waals surface area contributed by atoms with Crippen LogP contribution in [0.4, 0.5) is 33.9 Å². The minimum Gasteiger partial charge on any atom is -0.369 e. The van der Waals surface area contributed by atoms with Gasteiger partial charge in [-0.2, -0.15) is 18.3 Å². The van der Waals surface area contributed by atoms with Crippen LogP contribution in [-0.4, -0.2) is 64.4 Å². The fourth-order valence-electron chi connectivity index (χ4n) is 6.78. The molecule has 3 aromatic rings. The van der Waals surface area contributed by atoms with Gasteiger partial charge in [-0.3, -0.25) is 14.5 Å². The summed E-state index contributed by atoms with van der Waals surface area (Å²) in [5.74, 6) is 0.720. The maximum atomic E-state index is 14.7. The number of alkyl halides is 3. The molecule has 2 amide bonds. The van der Waals surface area contributed by atoms with Gasteiger partial charge < -0.3 is 9.80 Å². The number of benzene rings is 2. The molecule has 11 heteroatoms. The van der Waals surface area contributed by atoms with E-state index in [-0.39, 0.29) is 36.0 Å². The summed E-state index contributed by atoms with van der Waals surface area (Å²) in [4.78, 5) is 21.7. The van der Waals surface area contributed by atoms with E-state index >= 15 is 0 Å². The second kappa shape index (κ2) is 11.5. The Hall–Kier alpha value is -3.60. The lowest BCUT2D eigenvalue weighted by atomic mass is 10.00. The summed E-state index contributed by atoms with van der Waals surface area (Å²) < 4.78 is 58.3. The van der Waals surface area contributed by atoms with E-state index in [4.69, 9.17) is 5.10 Å². The Balaban J connectivity index is 1.26. The molecule has 6 rings (SSSR count). The summed E-state index contributed by atoms with van der Waals surface area (Å²) in [7, 11) is 0. The number of aryl methyl sites for hydroxylation is 1. The molecular formula is C32H38F4N6O. The first-order valence-corrected chi connectivity index (χ1v) is 15.0. The zero-order chi connectivity index (χ0) is 30.5. The van der Waals surface area contributed by atoms with Gasteiger partial charge in [0.1, 0.15) is 5.82 Å². The van der Waals surface area contributed by atoms with E-state index in [2.05, 4.69) is 18.7 Å². The highest BCUT2D eigenvalue weighted by Crippen LogP contribution is 2.38. The Labute approximate surface area is 249 Å². The molecule has 1 aromatic heterocycles. The summed E-state index contributed by atoms with van der Waals surface area (Å²) in [5.41, 5.74) is 1.56. The van der Waals surface area contributed by atoms with Crippen LogP contribution in [0.15, 0.2) is 48.7 Å². The van der Waals surface area contributed by atoms with E-state index in [1.165, 1.54) is 23.1 Å². The lowest BCUT2D eigenvalue weighted by Crippen LogP contribution is -2.54. The van der Waals surface area contributed by atoms with Crippen molar-refractivity contribution in [2.75, 3.05) is 42.5 Å². The van der Waals surface area contributed by atoms with Crippen molar-refractivity contribution in [1.29, 1.82) is 0 Å². The maximum Gasteiger partial charge on any atom is 0.416 e. The van der Waals surface area contributed by atoms with Crippen molar-refractivity contribution in [1.82, 2.24) is 19.6 Å². The number of halogens is 4. The molecule has 230 valence electrons. The van der Waals surface area contributed by atoms with Gasteiger partial charge in [0.15, 0.2) is 5.82 Å². The Morgan fingerprint density at radius 3 is 2.40 bits per heavy atom. The van der Waals surface area contributed by atoms with Crippen LogP contribution in [0.5, 0.6) is 0 Å². The number of piperidine rings is 1. The number of hydrogen-bond acceptors (Lipinski definition) is 4. The number of rotatable bonds is 7. The maximum absolute atomic E-state index is 14.7. The smallest absolute Gasteiger partial charge is 0.369 e. The second-order valence-corrected chi connectivity index (χ2v) is 12.5. The third kappa shape index (κ3) is 5.83. The molecule has 4 heterocycles. The molecule has 0 aliphatic carbocycles. The number of carbonyl (C=O) groups is 1. The standard InChI is InChI=1S/C32H38F4N6O/c1-21(2)15-38-19-26(20-38)42-18-24-17-40(25-11-13-39(14-12-25)29-22(3)7-6-10-28(29)33)31(43)41(30(24)37-42)16-23-8-4-5-9-27(23)32(34,35)36/h4-10,18,21,25-26H,11-17,19-20H2,1-3H3. The highest BCUT2D eigenvalue weighted by Gasteiger charge is 2.41. The zero-order valence-electron chi connectivity index (χ0n) is 24.8. The quantitative estimate of drug-likeness (QED) is 0.293. The number of urea groups is 1. The molecule has 0 radical (unpaired) electrons. The van der Waals surface area contributed by atoms with Crippen molar-refractivity contribution < 1.29 is 22.4 Å². The van der Waals surface area contributed by atoms with Crippen molar-refractivity contribution in [2.45, 2.75) is 65.0 Å². The van der Waals surface area contributed by atoms with Crippen LogP contribution in [0.1, 0.15) is 55.0 Å². The number of anilines is 2. The third-order valence-corrected chi connectivity index (χ3v) is 8.86. The molecule has 3 aliphatic rings. The van der Waals surface area contributed by atoms with Crippen molar-refractivity contribution in [3.63, 3.8) is 0 Å². The Kier molecular flexibility index (Phi) is 7.87. The molecule has 0 unspecified atom stereocenters. The molecule has 0 atom stereocenters. The summed E-state index contributed by atoms with van der Waals surface area (Å²) in [6.07, 6.45) is -1.32. The van der Waals surface area contributed by atoms with Crippen molar-refractivity contribution in [3.8, 4) is 0 Å². The number of para-hydroxylation sites is 1. The predicted molar refractivity (Wildman–Crippen MR) is 157 cm³/mol. The molecule has 7 nitrogen and oxygen atoms in total. The van der Waals surface area contributed by atoms with E-state index in [9.17, 15) is 22.4 Å². The summed E-state index contributed by atoms with van der Waals surface area (Å²) in [5, 5.41) is 4.79. The Bertz CT molecular complexity index is 1450. The first-order chi connectivity index (χ1) is 20.5. The summed E-state index contributed by atoms with van der Waals surface area (Å²) in [6.45, 7) is 10.2. The van der Waals surface area contributed by atoms with Crippen LogP contribution in [0.25, 0.3) is 0 Å². The normalized spacial score (nSPS) is 18.9. The van der Waals surface area contributed by atoms with Gasteiger partial charge in [0.05, 0.1) is 30.4 Å². The van der Waals surface area contributed by atoms with E-state index in [1.807, 2.05) is 28.8 Å². The van der Waals surface area contributed by atoms with Crippen molar-refractivity contribution in [2.24, 2.45) is 5.92 Å². The molecule has 0 N–H and O–H groups in total. The number of carbonyl (C=O) groups excluding carboxylic acids is 1. The van der Waals surface area contributed by atoms with E-state index in [1.54, 1.807) is 17.0 Å². The molecule has 3 aliphatic heterocycles. The number of amides is 2. The highest BCUT2D eigenvalue weighted by atomic mass is 19.4. The van der Waals surface area contributed by atoms with E-state index in [0.717, 1.165) is 36.8 Å². The molecule has 2 saturated heterocycles. The average Bonchev–Trinajstić information content (AvgIpc) is 3.35. The van der Waals surface area contributed by atoms with Gasteiger partial charge in [0.25, 0.3) is 0 Å². The number of likely N-dealkylation sites (tertiary alicyclic amines) is 1. The summed E-state index contributed by atoms with van der Waals surface area (Å²) >= 11 is 0. The van der Waals surface area contributed by atoms with E-state index < -0.39 is 11.7 Å². The monoisotopic (exact) mass is 598 g/mol. The number of fused-ring (bicyclic) bond motifs is 1. The van der Waals surface area contributed by atoms with Crippen LogP contribution in [-0.2, 0) is 19.3 Å². The van der Waals surface area contributed by atoms with Gasteiger partial charge in [-0.15, -0.1) is 0 Å². The van der Waals surface area contributed by atoms with Crippen LogP contribution < -0.4 is 9.80 Å². The molecule has 2 fully saturated rings. The second-order valence-electron chi connectivity index (χ2n) is 12.5. The Morgan fingerprint density at radius 1 is 1.00 bits per heavy atom. The van der Waals surface area contributed by atoms with Gasteiger partial charge in [-0.25, -0.2) is 9.18 Å². The van der Waals surface area contributed by atoms with Crippen LogP contribution in [0.3, 0.4) is 0 Å².